The van der Waals surface area contributed by atoms with Crippen molar-refractivity contribution in [3.05, 3.63) is 40.4 Å². The third kappa shape index (κ3) is 7.19. The zero-order valence-electron chi connectivity index (χ0n) is 16.8. The number of amides is 1. The average molecular weight is 420 g/mol. The van der Waals surface area contributed by atoms with Crippen LogP contribution in [0.4, 0.5) is 5.13 Å². The van der Waals surface area contributed by atoms with E-state index in [0.717, 1.165) is 16.9 Å². The number of carbonyl (C=O) groups is 3. The summed E-state index contributed by atoms with van der Waals surface area (Å²) < 4.78 is 14.9. The Hall–Kier alpha value is -2.94. The van der Waals surface area contributed by atoms with Crippen molar-refractivity contribution in [1.82, 2.24) is 4.98 Å². The number of methoxy groups -OCH3 is 1. The minimum atomic E-state index is -0.656. The van der Waals surface area contributed by atoms with Crippen LogP contribution in [0.3, 0.4) is 0 Å². The fraction of sp³-hybridized carbons (Fsp3) is 0.400. The van der Waals surface area contributed by atoms with Gasteiger partial charge in [0.05, 0.1) is 19.2 Å². The van der Waals surface area contributed by atoms with E-state index in [9.17, 15) is 14.4 Å². The summed E-state index contributed by atoms with van der Waals surface area (Å²) in [4.78, 5) is 39.0. The van der Waals surface area contributed by atoms with E-state index >= 15 is 0 Å². The summed E-state index contributed by atoms with van der Waals surface area (Å²) in [5, 5.41) is 4.45. The van der Waals surface area contributed by atoms with Crippen LogP contribution in [-0.4, -0.2) is 43.2 Å². The fourth-order valence-corrected chi connectivity index (χ4v) is 3.26. The van der Waals surface area contributed by atoms with E-state index in [1.807, 2.05) is 19.1 Å². The smallest absolute Gasteiger partial charge is 0.344 e. The second-order valence-corrected chi connectivity index (χ2v) is 7.43. The van der Waals surface area contributed by atoms with E-state index in [1.54, 1.807) is 11.4 Å². The molecule has 8 nitrogen and oxygen atoms in total. The predicted octanol–water partition coefficient (Wildman–Crippen LogP) is 2.85. The lowest BCUT2D eigenvalue weighted by Crippen LogP contribution is -2.23. The van der Waals surface area contributed by atoms with Gasteiger partial charge >= 0.3 is 11.9 Å². The average Bonchev–Trinajstić information content (AvgIpc) is 3.10. The Labute approximate surface area is 173 Å². The van der Waals surface area contributed by atoms with Gasteiger partial charge in [0.2, 0.25) is 0 Å². The highest BCUT2D eigenvalue weighted by molar-refractivity contribution is 7.13. The number of rotatable bonds is 9. The van der Waals surface area contributed by atoms with Gasteiger partial charge in [0, 0.05) is 5.38 Å². The van der Waals surface area contributed by atoms with Crippen LogP contribution in [0.5, 0.6) is 5.75 Å². The first kappa shape index (κ1) is 22.4. The van der Waals surface area contributed by atoms with E-state index in [4.69, 9.17) is 9.47 Å². The Kier molecular flexibility index (Phi) is 8.14. The molecule has 1 aromatic carbocycles. The van der Waals surface area contributed by atoms with E-state index in [-0.39, 0.29) is 13.0 Å². The number of esters is 2. The SMILES string of the molecule is COC(=O)Cc1csc(NC(=O)COC(=O)COc2ccc(C(C)C)c(C)c2)n1. The number of benzene rings is 1. The number of carbonyl (C=O) groups excluding carboxylic acids is 3. The third-order valence-corrected chi connectivity index (χ3v) is 4.74. The van der Waals surface area contributed by atoms with Crippen molar-refractivity contribution in [1.29, 1.82) is 0 Å². The predicted molar refractivity (Wildman–Crippen MR) is 108 cm³/mol. The van der Waals surface area contributed by atoms with E-state index < -0.39 is 24.5 Å². The molecule has 1 N–H and O–H groups in total. The molecule has 0 bridgehead atoms. The largest absolute Gasteiger partial charge is 0.482 e. The zero-order valence-corrected chi connectivity index (χ0v) is 17.6. The first-order chi connectivity index (χ1) is 13.8. The summed E-state index contributed by atoms with van der Waals surface area (Å²) in [6, 6.07) is 5.64. The molecular weight excluding hydrogens is 396 g/mol. The molecule has 0 spiro atoms. The summed E-state index contributed by atoms with van der Waals surface area (Å²) in [5.41, 5.74) is 2.79. The molecule has 1 heterocycles. The summed E-state index contributed by atoms with van der Waals surface area (Å²) in [7, 11) is 1.29. The summed E-state index contributed by atoms with van der Waals surface area (Å²) in [6.07, 6.45) is 0.0207. The van der Waals surface area contributed by atoms with Crippen molar-refractivity contribution in [3.63, 3.8) is 0 Å². The minimum absolute atomic E-state index is 0.0207. The molecule has 0 atom stereocenters. The molecule has 156 valence electrons. The van der Waals surface area contributed by atoms with E-state index in [0.29, 0.717) is 22.5 Å². The molecule has 29 heavy (non-hydrogen) atoms. The molecule has 0 radical (unpaired) electrons. The maximum Gasteiger partial charge on any atom is 0.344 e. The van der Waals surface area contributed by atoms with Gasteiger partial charge < -0.3 is 14.2 Å². The fourth-order valence-electron chi connectivity index (χ4n) is 2.54. The van der Waals surface area contributed by atoms with Gasteiger partial charge in [0.1, 0.15) is 5.75 Å². The van der Waals surface area contributed by atoms with Gasteiger partial charge in [-0.2, -0.15) is 0 Å². The maximum absolute atomic E-state index is 11.9. The Morgan fingerprint density at radius 3 is 2.59 bits per heavy atom. The van der Waals surface area contributed by atoms with Crippen LogP contribution in [0.15, 0.2) is 23.6 Å². The van der Waals surface area contributed by atoms with Crippen LogP contribution >= 0.6 is 11.3 Å². The molecule has 2 rings (SSSR count). The van der Waals surface area contributed by atoms with Crippen LogP contribution in [0.25, 0.3) is 0 Å². The van der Waals surface area contributed by atoms with Crippen LogP contribution < -0.4 is 10.1 Å². The molecule has 0 saturated carbocycles. The van der Waals surface area contributed by atoms with Crippen LogP contribution in [-0.2, 0) is 30.3 Å². The molecule has 1 amide bonds. The van der Waals surface area contributed by atoms with Gasteiger partial charge in [-0.3, -0.25) is 14.9 Å². The van der Waals surface area contributed by atoms with Gasteiger partial charge in [0.15, 0.2) is 18.3 Å². The third-order valence-electron chi connectivity index (χ3n) is 3.94. The lowest BCUT2D eigenvalue weighted by Gasteiger charge is -2.12. The summed E-state index contributed by atoms with van der Waals surface area (Å²) >= 11 is 1.16. The number of thiazole rings is 1. The molecule has 0 aliphatic rings. The molecule has 0 fully saturated rings. The standard InChI is InChI=1S/C20H24N2O6S/c1-12(2)16-6-5-15(7-13(16)3)27-10-19(25)28-9-17(23)22-20-21-14(11-29-20)8-18(24)26-4/h5-7,11-12H,8-10H2,1-4H3,(H,21,22,23). The van der Waals surface area contributed by atoms with Crippen molar-refractivity contribution in [3.8, 4) is 5.75 Å². The lowest BCUT2D eigenvalue weighted by molar-refractivity contribution is -0.149. The van der Waals surface area contributed by atoms with E-state index in [1.165, 1.54) is 12.7 Å². The Morgan fingerprint density at radius 1 is 1.17 bits per heavy atom. The van der Waals surface area contributed by atoms with Gasteiger partial charge in [-0.05, 0) is 36.1 Å². The highest BCUT2D eigenvalue weighted by Gasteiger charge is 2.13. The second kappa shape index (κ2) is 10.6. The topological polar surface area (TPSA) is 104 Å². The van der Waals surface area contributed by atoms with Crippen molar-refractivity contribution >= 4 is 34.3 Å². The molecule has 9 heteroatoms. The highest BCUT2D eigenvalue weighted by atomic mass is 32.1. The number of nitrogens with zero attached hydrogens (tertiary/aromatic N) is 1. The number of hydrogen-bond acceptors (Lipinski definition) is 8. The monoisotopic (exact) mass is 420 g/mol. The van der Waals surface area contributed by atoms with Crippen molar-refractivity contribution in [2.45, 2.75) is 33.1 Å². The number of ether oxygens (including phenoxy) is 3. The number of nitrogens with one attached hydrogen (secondary N) is 1. The van der Waals surface area contributed by atoms with Crippen molar-refractivity contribution in [2.75, 3.05) is 25.6 Å². The van der Waals surface area contributed by atoms with Crippen molar-refractivity contribution in [2.24, 2.45) is 0 Å². The molecule has 0 unspecified atom stereocenters. The van der Waals surface area contributed by atoms with Crippen LogP contribution in [0.1, 0.15) is 36.6 Å². The van der Waals surface area contributed by atoms with Gasteiger partial charge in [0.25, 0.3) is 5.91 Å². The Morgan fingerprint density at radius 2 is 1.93 bits per heavy atom. The number of anilines is 1. The molecular formula is C20H24N2O6S. The molecule has 0 aliphatic carbocycles. The van der Waals surface area contributed by atoms with E-state index in [2.05, 4.69) is 28.9 Å². The minimum Gasteiger partial charge on any atom is -0.482 e. The van der Waals surface area contributed by atoms with Crippen LogP contribution in [0, 0.1) is 6.92 Å². The maximum atomic E-state index is 11.9. The Balaban J connectivity index is 1.74. The number of aromatic nitrogens is 1. The van der Waals surface area contributed by atoms with Crippen LogP contribution in [0.2, 0.25) is 0 Å². The number of hydrogen-bond donors (Lipinski definition) is 1. The summed E-state index contributed by atoms with van der Waals surface area (Å²) in [5.74, 6) is -0.641. The van der Waals surface area contributed by atoms with Gasteiger partial charge in [-0.15, -0.1) is 11.3 Å². The first-order valence-corrected chi connectivity index (χ1v) is 9.86. The molecule has 1 aromatic heterocycles. The normalized spacial score (nSPS) is 10.5. The summed E-state index contributed by atoms with van der Waals surface area (Å²) in [6.45, 7) is 5.45. The second-order valence-electron chi connectivity index (χ2n) is 6.57. The van der Waals surface area contributed by atoms with Crippen molar-refractivity contribution < 1.29 is 28.6 Å². The van der Waals surface area contributed by atoms with Gasteiger partial charge in [-0.25, -0.2) is 9.78 Å². The number of aryl methyl sites for hydroxylation is 1. The molecule has 0 saturated heterocycles. The van der Waals surface area contributed by atoms with Gasteiger partial charge in [-0.1, -0.05) is 19.9 Å². The Bertz CT molecular complexity index is 878. The quantitative estimate of drug-likeness (QED) is 0.622. The highest BCUT2D eigenvalue weighted by Crippen LogP contribution is 2.23. The molecule has 0 aliphatic heterocycles. The first-order valence-electron chi connectivity index (χ1n) is 8.98. The zero-order chi connectivity index (χ0) is 21.4. The lowest BCUT2D eigenvalue weighted by atomic mass is 9.98. The molecule has 2 aromatic rings.